The molecule has 0 saturated carbocycles. The minimum atomic E-state index is -4.35. The number of allylic oxidation sites excluding steroid dienone is 1. The smallest absolute Gasteiger partial charge is 0.297 e. The summed E-state index contributed by atoms with van der Waals surface area (Å²) in [6, 6.07) is 4.35. The Bertz CT molecular complexity index is 379. The zero-order chi connectivity index (χ0) is 11.5. The molecule has 0 spiro atoms. The lowest BCUT2D eigenvalue weighted by Crippen LogP contribution is -2.03. The van der Waals surface area contributed by atoms with E-state index in [1.165, 1.54) is 18.2 Å². The van der Waals surface area contributed by atoms with Crippen LogP contribution in [0.4, 0.5) is 13.2 Å². The summed E-state index contributed by atoms with van der Waals surface area (Å²) in [7, 11) is 0. The Labute approximate surface area is 89.2 Å². The molecule has 1 aromatic carbocycles. The SMILES string of the molecule is O=C/C(Cl)=C/c1ccc(C(F)(F)F)cc1. The van der Waals surface area contributed by atoms with E-state index in [2.05, 4.69) is 0 Å². The maximum atomic E-state index is 12.2. The highest BCUT2D eigenvalue weighted by Crippen LogP contribution is 2.29. The van der Waals surface area contributed by atoms with E-state index >= 15 is 0 Å². The van der Waals surface area contributed by atoms with Gasteiger partial charge in [0.2, 0.25) is 0 Å². The third-order valence-electron chi connectivity index (χ3n) is 1.66. The van der Waals surface area contributed by atoms with Gasteiger partial charge in [-0.2, -0.15) is 13.2 Å². The molecule has 0 N–H and O–H groups in total. The van der Waals surface area contributed by atoms with E-state index in [1.807, 2.05) is 0 Å². The lowest BCUT2D eigenvalue weighted by molar-refractivity contribution is -0.137. The molecule has 0 fully saturated rings. The first kappa shape index (κ1) is 11.8. The summed E-state index contributed by atoms with van der Waals surface area (Å²) in [4.78, 5) is 10.2. The molecule has 1 rings (SSSR count). The van der Waals surface area contributed by atoms with Gasteiger partial charge in [0, 0.05) is 0 Å². The van der Waals surface area contributed by atoms with Crippen LogP contribution in [0.15, 0.2) is 29.3 Å². The Morgan fingerprint density at radius 1 is 1.20 bits per heavy atom. The number of carbonyl (C=O) groups is 1. The number of benzene rings is 1. The second-order valence-corrected chi connectivity index (χ2v) is 3.20. The van der Waals surface area contributed by atoms with Crippen molar-refractivity contribution in [1.29, 1.82) is 0 Å². The van der Waals surface area contributed by atoms with Gasteiger partial charge in [-0.05, 0) is 23.8 Å². The summed E-state index contributed by atoms with van der Waals surface area (Å²) in [5.74, 6) is 0. The average molecular weight is 235 g/mol. The Hall–Kier alpha value is -1.29. The van der Waals surface area contributed by atoms with Crippen LogP contribution in [0.1, 0.15) is 11.1 Å². The highest BCUT2D eigenvalue weighted by molar-refractivity contribution is 6.40. The predicted octanol–water partition coefficient (Wildman–Crippen LogP) is 3.48. The van der Waals surface area contributed by atoms with Crippen LogP contribution in [-0.2, 0) is 11.0 Å². The van der Waals surface area contributed by atoms with Crippen LogP contribution < -0.4 is 0 Å². The molecule has 1 nitrogen and oxygen atoms in total. The standard InChI is InChI=1S/C10H6ClF3O/c11-9(6-15)5-7-1-3-8(4-2-7)10(12,13)14/h1-6H/b9-5-. The van der Waals surface area contributed by atoms with Gasteiger partial charge in [0.15, 0.2) is 6.29 Å². The third kappa shape index (κ3) is 3.40. The summed E-state index contributed by atoms with van der Waals surface area (Å²) in [5, 5.41) is -0.0604. The zero-order valence-corrected chi connectivity index (χ0v) is 8.14. The number of halogens is 4. The van der Waals surface area contributed by atoms with E-state index in [0.717, 1.165) is 12.1 Å². The number of rotatable bonds is 2. The van der Waals surface area contributed by atoms with Crippen LogP contribution in [-0.4, -0.2) is 6.29 Å². The molecule has 0 aliphatic carbocycles. The van der Waals surface area contributed by atoms with Crippen LogP contribution in [0.25, 0.3) is 6.08 Å². The first-order valence-corrected chi connectivity index (χ1v) is 4.31. The number of hydrogen-bond acceptors (Lipinski definition) is 1. The zero-order valence-electron chi connectivity index (χ0n) is 7.38. The van der Waals surface area contributed by atoms with E-state index in [9.17, 15) is 18.0 Å². The molecule has 0 radical (unpaired) electrons. The summed E-state index contributed by atoms with van der Waals surface area (Å²) in [5.41, 5.74) is -0.290. The van der Waals surface area contributed by atoms with Gasteiger partial charge in [0.05, 0.1) is 10.6 Å². The van der Waals surface area contributed by atoms with Crippen molar-refractivity contribution < 1.29 is 18.0 Å². The molecule has 0 amide bonds. The lowest BCUT2D eigenvalue weighted by atomic mass is 10.1. The minimum absolute atomic E-state index is 0.0604. The summed E-state index contributed by atoms with van der Waals surface area (Å²) >= 11 is 5.40. The van der Waals surface area contributed by atoms with Gasteiger partial charge in [0.25, 0.3) is 0 Å². The van der Waals surface area contributed by atoms with Gasteiger partial charge in [-0.15, -0.1) is 0 Å². The van der Waals surface area contributed by atoms with Crippen LogP contribution >= 0.6 is 11.6 Å². The van der Waals surface area contributed by atoms with Gasteiger partial charge < -0.3 is 0 Å². The molecular weight excluding hydrogens is 229 g/mol. The van der Waals surface area contributed by atoms with Gasteiger partial charge >= 0.3 is 6.18 Å². The van der Waals surface area contributed by atoms with Crippen LogP contribution in [0, 0.1) is 0 Å². The Kier molecular flexibility index (Phi) is 3.52. The second kappa shape index (κ2) is 4.49. The molecule has 0 heterocycles. The fraction of sp³-hybridized carbons (Fsp3) is 0.100. The molecule has 0 aliphatic heterocycles. The van der Waals surface area contributed by atoms with Crippen molar-refractivity contribution in [3.8, 4) is 0 Å². The molecule has 80 valence electrons. The maximum Gasteiger partial charge on any atom is 0.416 e. The van der Waals surface area contributed by atoms with Gasteiger partial charge in [-0.25, -0.2) is 0 Å². The van der Waals surface area contributed by atoms with Crippen molar-refractivity contribution >= 4 is 24.0 Å². The molecule has 0 unspecified atom stereocenters. The molecule has 0 bridgehead atoms. The Morgan fingerprint density at radius 3 is 2.13 bits per heavy atom. The monoisotopic (exact) mass is 234 g/mol. The summed E-state index contributed by atoms with van der Waals surface area (Å²) in [6.07, 6.45) is -2.65. The van der Waals surface area contributed by atoms with Crippen molar-refractivity contribution in [2.75, 3.05) is 0 Å². The minimum Gasteiger partial charge on any atom is -0.297 e. The fourth-order valence-electron chi connectivity index (χ4n) is 0.962. The normalized spacial score (nSPS) is 12.7. The molecule has 0 saturated heterocycles. The van der Waals surface area contributed by atoms with E-state index in [0.29, 0.717) is 11.8 Å². The highest BCUT2D eigenvalue weighted by Gasteiger charge is 2.29. The van der Waals surface area contributed by atoms with Crippen molar-refractivity contribution in [1.82, 2.24) is 0 Å². The number of aldehydes is 1. The lowest BCUT2D eigenvalue weighted by Gasteiger charge is -2.05. The van der Waals surface area contributed by atoms with Gasteiger partial charge in [-0.3, -0.25) is 4.79 Å². The van der Waals surface area contributed by atoms with Crippen LogP contribution in [0.2, 0.25) is 0 Å². The second-order valence-electron chi connectivity index (χ2n) is 2.77. The van der Waals surface area contributed by atoms with Crippen molar-refractivity contribution in [3.05, 3.63) is 40.4 Å². The molecule has 0 aromatic heterocycles. The molecule has 0 aliphatic rings. The van der Waals surface area contributed by atoms with E-state index in [-0.39, 0.29) is 5.03 Å². The van der Waals surface area contributed by atoms with Gasteiger partial charge in [0.1, 0.15) is 0 Å². The Morgan fingerprint density at radius 2 is 1.73 bits per heavy atom. The van der Waals surface area contributed by atoms with E-state index in [1.54, 1.807) is 0 Å². The van der Waals surface area contributed by atoms with Crippen molar-refractivity contribution in [2.45, 2.75) is 6.18 Å². The average Bonchev–Trinajstić information content (AvgIpc) is 2.17. The summed E-state index contributed by atoms with van der Waals surface area (Å²) in [6.45, 7) is 0. The quantitative estimate of drug-likeness (QED) is 0.566. The fourth-order valence-corrected chi connectivity index (χ4v) is 1.09. The number of hydrogen-bond donors (Lipinski definition) is 0. The van der Waals surface area contributed by atoms with Crippen LogP contribution in [0.5, 0.6) is 0 Å². The first-order valence-electron chi connectivity index (χ1n) is 3.93. The number of alkyl halides is 3. The highest BCUT2D eigenvalue weighted by atomic mass is 35.5. The first-order chi connectivity index (χ1) is 6.93. The van der Waals surface area contributed by atoms with Crippen molar-refractivity contribution in [3.63, 3.8) is 0 Å². The Balaban J connectivity index is 2.96. The molecule has 5 heteroatoms. The third-order valence-corrected chi connectivity index (χ3v) is 1.85. The number of carbonyl (C=O) groups excluding carboxylic acids is 1. The largest absolute Gasteiger partial charge is 0.416 e. The van der Waals surface area contributed by atoms with Crippen LogP contribution in [0.3, 0.4) is 0 Å². The van der Waals surface area contributed by atoms with E-state index in [4.69, 9.17) is 11.6 Å². The maximum absolute atomic E-state index is 12.2. The molecule has 15 heavy (non-hydrogen) atoms. The topological polar surface area (TPSA) is 17.1 Å². The van der Waals surface area contributed by atoms with Gasteiger partial charge in [-0.1, -0.05) is 23.7 Å². The summed E-state index contributed by atoms with van der Waals surface area (Å²) < 4.78 is 36.5. The molecule has 1 aromatic rings. The molecular formula is C10H6ClF3O. The predicted molar refractivity (Wildman–Crippen MR) is 51.3 cm³/mol. The molecule has 0 atom stereocenters. The van der Waals surface area contributed by atoms with Crippen molar-refractivity contribution in [2.24, 2.45) is 0 Å². The van der Waals surface area contributed by atoms with E-state index < -0.39 is 11.7 Å².